The minimum atomic E-state index is -1.28. The molecule has 2 aromatic carbocycles. The molecule has 0 saturated heterocycles. The lowest BCUT2D eigenvalue weighted by Crippen LogP contribution is -2.43. The summed E-state index contributed by atoms with van der Waals surface area (Å²) in [5, 5.41) is 9.96. The third-order valence-electron chi connectivity index (χ3n) is 4.99. The molecule has 0 bridgehead atoms. The van der Waals surface area contributed by atoms with Crippen molar-refractivity contribution in [2.75, 3.05) is 10.6 Å². The number of nitrogens with one attached hydrogen (secondary N) is 2. The number of aromatic nitrogens is 2. The van der Waals surface area contributed by atoms with Crippen LogP contribution in [0.2, 0.25) is 0 Å². The molecule has 0 aliphatic carbocycles. The molecule has 0 radical (unpaired) electrons. The van der Waals surface area contributed by atoms with Crippen LogP contribution in [0, 0.1) is 5.82 Å². The second-order valence-electron chi connectivity index (χ2n) is 6.43. The van der Waals surface area contributed by atoms with Gasteiger partial charge in [-0.2, -0.15) is 5.10 Å². The Morgan fingerprint density at radius 3 is 2.65 bits per heavy atom. The highest BCUT2D eigenvalue weighted by Gasteiger charge is 2.54. The fourth-order valence-electron chi connectivity index (χ4n) is 3.83. The smallest absolute Gasteiger partial charge is 0.240 e. The Hall–Kier alpha value is -3.48. The minimum Gasteiger partial charge on any atom is -0.325 e. The van der Waals surface area contributed by atoms with E-state index in [1.807, 2.05) is 30.3 Å². The van der Waals surface area contributed by atoms with Crippen molar-refractivity contribution < 1.29 is 14.0 Å². The maximum absolute atomic E-state index is 13.9. The van der Waals surface area contributed by atoms with Crippen LogP contribution >= 0.6 is 0 Å². The molecule has 2 aliphatic rings. The Morgan fingerprint density at radius 2 is 1.85 bits per heavy atom. The van der Waals surface area contributed by atoms with Gasteiger partial charge in [0.25, 0.3) is 0 Å². The Balaban J connectivity index is 1.78. The first-order valence-corrected chi connectivity index (χ1v) is 8.15. The summed E-state index contributed by atoms with van der Waals surface area (Å²) in [6.45, 7) is 0. The van der Waals surface area contributed by atoms with Gasteiger partial charge in [-0.3, -0.25) is 9.59 Å². The first kappa shape index (κ1) is 14.8. The van der Waals surface area contributed by atoms with Crippen LogP contribution in [0.5, 0.6) is 0 Å². The standard InChI is InChI=1S/C19H13FN4O2/c20-11-6-7-15-13(8-11)19(18(26)22-15)9-16(25)23-17-14(19)10-21-24(17)12-4-2-1-3-5-12/h1-8,10H,9H2,(H,22,26)(H,23,25)/t19-/m0/s1. The molecule has 2 amide bonds. The molecule has 1 aromatic heterocycles. The second-order valence-corrected chi connectivity index (χ2v) is 6.43. The molecule has 2 N–H and O–H groups in total. The summed E-state index contributed by atoms with van der Waals surface area (Å²) in [5.74, 6) is -0.688. The molecule has 1 spiro atoms. The average Bonchev–Trinajstić information content (AvgIpc) is 3.17. The molecule has 3 heterocycles. The fraction of sp³-hybridized carbons (Fsp3) is 0.105. The van der Waals surface area contributed by atoms with Gasteiger partial charge < -0.3 is 10.6 Å². The molecule has 1 atom stereocenters. The number of hydrogen-bond acceptors (Lipinski definition) is 3. The molecule has 2 aliphatic heterocycles. The Labute approximate surface area is 147 Å². The van der Waals surface area contributed by atoms with Gasteiger partial charge in [0.05, 0.1) is 11.9 Å². The van der Waals surface area contributed by atoms with Crippen molar-refractivity contribution in [3.05, 3.63) is 71.7 Å². The van der Waals surface area contributed by atoms with Crippen molar-refractivity contribution in [1.82, 2.24) is 9.78 Å². The lowest BCUT2D eigenvalue weighted by molar-refractivity contribution is -0.125. The van der Waals surface area contributed by atoms with Crippen molar-refractivity contribution >= 4 is 23.3 Å². The zero-order valence-electron chi connectivity index (χ0n) is 13.5. The van der Waals surface area contributed by atoms with Crippen molar-refractivity contribution in [1.29, 1.82) is 0 Å². The van der Waals surface area contributed by atoms with Crippen molar-refractivity contribution in [2.45, 2.75) is 11.8 Å². The van der Waals surface area contributed by atoms with Gasteiger partial charge in [-0.25, -0.2) is 9.07 Å². The molecule has 5 rings (SSSR count). The van der Waals surface area contributed by atoms with Crippen LogP contribution in [0.3, 0.4) is 0 Å². The predicted molar refractivity (Wildman–Crippen MR) is 92.6 cm³/mol. The summed E-state index contributed by atoms with van der Waals surface area (Å²) in [6.07, 6.45) is 1.48. The van der Waals surface area contributed by atoms with E-state index in [-0.39, 0.29) is 18.2 Å². The Morgan fingerprint density at radius 1 is 1.04 bits per heavy atom. The molecule has 26 heavy (non-hydrogen) atoms. The van der Waals surface area contributed by atoms with Gasteiger partial charge in [-0.15, -0.1) is 0 Å². The quantitative estimate of drug-likeness (QED) is 0.710. The fourth-order valence-corrected chi connectivity index (χ4v) is 3.83. The number of benzene rings is 2. The summed E-state index contributed by atoms with van der Waals surface area (Å²) in [4.78, 5) is 25.4. The van der Waals surface area contributed by atoms with E-state index in [1.54, 1.807) is 10.9 Å². The number of amides is 2. The van der Waals surface area contributed by atoms with E-state index >= 15 is 0 Å². The number of fused-ring (bicyclic) bond motifs is 4. The van der Waals surface area contributed by atoms with E-state index in [9.17, 15) is 14.0 Å². The normalized spacial score (nSPS) is 20.5. The average molecular weight is 348 g/mol. The first-order chi connectivity index (χ1) is 12.6. The van der Waals surface area contributed by atoms with E-state index in [0.717, 1.165) is 5.69 Å². The van der Waals surface area contributed by atoms with E-state index in [0.29, 0.717) is 22.6 Å². The van der Waals surface area contributed by atoms with Crippen LogP contribution in [0.15, 0.2) is 54.7 Å². The molecule has 0 saturated carbocycles. The van der Waals surface area contributed by atoms with E-state index in [4.69, 9.17) is 0 Å². The first-order valence-electron chi connectivity index (χ1n) is 8.15. The zero-order chi connectivity index (χ0) is 17.9. The number of nitrogens with zero attached hydrogens (tertiary/aromatic N) is 2. The van der Waals surface area contributed by atoms with Crippen LogP contribution in [0.25, 0.3) is 5.69 Å². The highest BCUT2D eigenvalue weighted by atomic mass is 19.1. The van der Waals surface area contributed by atoms with E-state index in [2.05, 4.69) is 15.7 Å². The number of anilines is 2. The summed E-state index contributed by atoms with van der Waals surface area (Å²) in [6, 6.07) is 13.4. The number of halogens is 1. The van der Waals surface area contributed by atoms with Gasteiger partial charge in [-0.1, -0.05) is 18.2 Å². The second kappa shape index (κ2) is 5.01. The summed E-state index contributed by atoms with van der Waals surface area (Å²) in [7, 11) is 0. The molecule has 3 aromatic rings. The topological polar surface area (TPSA) is 76.0 Å². The Bertz CT molecular complexity index is 1080. The summed E-state index contributed by atoms with van der Waals surface area (Å²) < 4.78 is 15.5. The van der Waals surface area contributed by atoms with Crippen LogP contribution in [-0.2, 0) is 15.0 Å². The maximum atomic E-state index is 13.9. The molecular weight excluding hydrogens is 335 g/mol. The number of carbonyl (C=O) groups excluding carboxylic acids is 2. The lowest BCUT2D eigenvalue weighted by atomic mass is 9.72. The predicted octanol–water partition coefficient (Wildman–Crippen LogP) is 2.59. The molecule has 0 fully saturated rings. The molecular formula is C19H13FN4O2. The zero-order valence-corrected chi connectivity index (χ0v) is 13.5. The third-order valence-corrected chi connectivity index (χ3v) is 4.99. The highest BCUT2D eigenvalue weighted by Crippen LogP contribution is 2.50. The van der Waals surface area contributed by atoms with Gasteiger partial charge in [-0.05, 0) is 35.9 Å². The monoisotopic (exact) mass is 348 g/mol. The minimum absolute atomic E-state index is 0.0945. The molecule has 128 valence electrons. The van der Waals surface area contributed by atoms with Gasteiger partial charge in [0.2, 0.25) is 11.8 Å². The SMILES string of the molecule is O=C1C[C@@]2(C(=O)Nc3ccc(F)cc32)c2cnn(-c3ccccc3)c2N1. The van der Waals surface area contributed by atoms with E-state index < -0.39 is 11.2 Å². The van der Waals surface area contributed by atoms with Gasteiger partial charge in [0.1, 0.15) is 17.1 Å². The van der Waals surface area contributed by atoms with Crippen LogP contribution < -0.4 is 10.6 Å². The molecule has 0 unspecified atom stereocenters. The number of rotatable bonds is 1. The molecule has 7 heteroatoms. The Kier molecular flexibility index (Phi) is 2.86. The van der Waals surface area contributed by atoms with Crippen molar-refractivity contribution in [3.63, 3.8) is 0 Å². The number of hydrogen-bond donors (Lipinski definition) is 2. The largest absolute Gasteiger partial charge is 0.325 e. The highest BCUT2D eigenvalue weighted by molar-refractivity contribution is 6.14. The number of para-hydroxylation sites is 1. The van der Waals surface area contributed by atoms with Crippen LogP contribution in [-0.4, -0.2) is 21.6 Å². The third kappa shape index (κ3) is 1.82. The van der Waals surface area contributed by atoms with Crippen molar-refractivity contribution in [3.8, 4) is 5.69 Å². The van der Waals surface area contributed by atoms with Gasteiger partial charge in [0, 0.05) is 17.7 Å². The maximum Gasteiger partial charge on any atom is 0.240 e. The van der Waals surface area contributed by atoms with Crippen LogP contribution in [0.4, 0.5) is 15.9 Å². The lowest BCUT2D eigenvalue weighted by Gasteiger charge is -2.31. The summed E-state index contributed by atoms with van der Waals surface area (Å²) >= 11 is 0. The van der Waals surface area contributed by atoms with Gasteiger partial charge >= 0.3 is 0 Å². The van der Waals surface area contributed by atoms with Gasteiger partial charge in [0.15, 0.2) is 0 Å². The molecule has 6 nitrogen and oxygen atoms in total. The van der Waals surface area contributed by atoms with E-state index in [1.165, 1.54) is 18.2 Å². The van der Waals surface area contributed by atoms with Crippen molar-refractivity contribution in [2.24, 2.45) is 0 Å². The van der Waals surface area contributed by atoms with Crippen LogP contribution in [0.1, 0.15) is 17.5 Å². The number of carbonyl (C=O) groups is 2. The summed E-state index contributed by atoms with van der Waals surface area (Å²) in [5.41, 5.74) is 1.02.